The predicted molar refractivity (Wildman–Crippen MR) is 49.7 cm³/mol. The SMILES string of the molecule is Nc1nc(-c2c(F)cncc2F)cs1. The summed E-state index contributed by atoms with van der Waals surface area (Å²) in [4.78, 5) is 7.16. The van der Waals surface area contributed by atoms with E-state index in [2.05, 4.69) is 9.97 Å². The van der Waals surface area contributed by atoms with Gasteiger partial charge in [0.15, 0.2) is 16.8 Å². The number of thiazole rings is 1. The smallest absolute Gasteiger partial charge is 0.180 e. The molecule has 0 unspecified atom stereocenters. The average Bonchev–Trinajstić information content (AvgIpc) is 2.51. The molecule has 0 aliphatic heterocycles. The van der Waals surface area contributed by atoms with Crippen LogP contribution in [0.4, 0.5) is 13.9 Å². The Morgan fingerprint density at radius 2 is 1.86 bits per heavy atom. The number of aromatic nitrogens is 2. The lowest BCUT2D eigenvalue weighted by atomic mass is 10.2. The topological polar surface area (TPSA) is 51.8 Å². The molecule has 2 heterocycles. The number of anilines is 1. The Labute approximate surface area is 82.2 Å². The molecule has 6 heteroatoms. The van der Waals surface area contributed by atoms with Gasteiger partial charge < -0.3 is 5.73 Å². The van der Waals surface area contributed by atoms with Crippen molar-refractivity contribution in [2.45, 2.75) is 0 Å². The lowest BCUT2D eigenvalue weighted by Gasteiger charge is -1.99. The molecule has 0 saturated carbocycles. The molecule has 2 aromatic rings. The zero-order valence-corrected chi connectivity index (χ0v) is 7.68. The molecule has 0 bridgehead atoms. The number of rotatable bonds is 1. The molecule has 0 aliphatic rings. The molecule has 2 aromatic heterocycles. The predicted octanol–water partition coefficient (Wildman–Crippen LogP) is 2.07. The lowest BCUT2D eigenvalue weighted by Crippen LogP contribution is -1.92. The Morgan fingerprint density at radius 1 is 1.21 bits per heavy atom. The van der Waals surface area contributed by atoms with Crippen molar-refractivity contribution in [2.24, 2.45) is 0 Å². The number of nitrogens with zero attached hydrogens (tertiary/aromatic N) is 2. The van der Waals surface area contributed by atoms with Crippen molar-refractivity contribution in [3.63, 3.8) is 0 Å². The summed E-state index contributed by atoms with van der Waals surface area (Å²) >= 11 is 1.13. The quantitative estimate of drug-likeness (QED) is 0.788. The second-order valence-corrected chi connectivity index (χ2v) is 3.44. The van der Waals surface area contributed by atoms with Crippen molar-refractivity contribution >= 4 is 16.5 Å². The maximum Gasteiger partial charge on any atom is 0.180 e. The van der Waals surface area contributed by atoms with Crippen LogP contribution in [0.2, 0.25) is 0 Å². The highest BCUT2D eigenvalue weighted by Gasteiger charge is 2.13. The molecule has 0 radical (unpaired) electrons. The first-order chi connectivity index (χ1) is 6.68. The van der Waals surface area contributed by atoms with Crippen LogP contribution >= 0.6 is 11.3 Å². The molecular formula is C8H5F2N3S. The molecule has 2 rings (SSSR count). The van der Waals surface area contributed by atoms with Gasteiger partial charge in [-0.3, -0.25) is 4.98 Å². The fourth-order valence-corrected chi connectivity index (χ4v) is 1.61. The van der Waals surface area contributed by atoms with E-state index in [1.807, 2.05) is 0 Å². The van der Waals surface area contributed by atoms with Gasteiger partial charge in [0.25, 0.3) is 0 Å². The molecule has 2 N–H and O–H groups in total. The van der Waals surface area contributed by atoms with E-state index in [0.29, 0.717) is 0 Å². The van der Waals surface area contributed by atoms with Crippen LogP contribution in [0.3, 0.4) is 0 Å². The van der Waals surface area contributed by atoms with Gasteiger partial charge in [0, 0.05) is 5.38 Å². The molecule has 0 spiro atoms. The Balaban J connectivity index is 2.61. The van der Waals surface area contributed by atoms with Gasteiger partial charge in [-0.15, -0.1) is 11.3 Å². The van der Waals surface area contributed by atoms with Crippen LogP contribution in [-0.2, 0) is 0 Å². The number of nitrogens with two attached hydrogens (primary N) is 1. The number of hydrogen-bond acceptors (Lipinski definition) is 4. The number of hydrogen-bond donors (Lipinski definition) is 1. The highest BCUT2D eigenvalue weighted by molar-refractivity contribution is 7.13. The van der Waals surface area contributed by atoms with Crippen LogP contribution in [0.1, 0.15) is 0 Å². The van der Waals surface area contributed by atoms with Gasteiger partial charge in [-0.05, 0) is 0 Å². The van der Waals surface area contributed by atoms with E-state index in [-0.39, 0.29) is 16.4 Å². The average molecular weight is 213 g/mol. The molecule has 0 atom stereocenters. The summed E-state index contributed by atoms with van der Waals surface area (Å²) in [6, 6.07) is 0. The summed E-state index contributed by atoms with van der Waals surface area (Å²) in [5, 5.41) is 1.77. The van der Waals surface area contributed by atoms with Crippen molar-refractivity contribution in [3.8, 4) is 11.3 Å². The summed E-state index contributed by atoms with van der Waals surface area (Å²) in [5.74, 6) is -1.48. The van der Waals surface area contributed by atoms with Crippen molar-refractivity contribution in [1.82, 2.24) is 9.97 Å². The molecule has 0 fully saturated rings. The molecule has 0 saturated heterocycles. The Morgan fingerprint density at radius 3 is 2.36 bits per heavy atom. The summed E-state index contributed by atoms with van der Waals surface area (Å²) in [6.07, 6.45) is 1.88. The zero-order chi connectivity index (χ0) is 10.1. The van der Waals surface area contributed by atoms with Crippen molar-refractivity contribution in [1.29, 1.82) is 0 Å². The molecule has 0 aromatic carbocycles. The highest BCUT2D eigenvalue weighted by atomic mass is 32.1. The van der Waals surface area contributed by atoms with Crippen molar-refractivity contribution < 1.29 is 8.78 Å². The first kappa shape index (κ1) is 9.01. The van der Waals surface area contributed by atoms with E-state index in [4.69, 9.17) is 5.73 Å². The molecular weight excluding hydrogens is 208 g/mol. The van der Waals surface area contributed by atoms with Gasteiger partial charge in [0.2, 0.25) is 0 Å². The Bertz CT molecular complexity index is 449. The van der Waals surface area contributed by atoms with Crippen LogP contribution in [0.5, 0.6) is 0 Å². The number of halogens is 2. The largest absolute Gasteiger partial charge is 0.375 e. The molecule has 0 aliphatic carbocycles. The zero-order valence-electron chi connectivity index (χ0n) is 6.87. The van der Waals surface area contributed by atoms with Gasteiger partial charge in [-0.2, -0.15) is 0 Å². The van der Waals surface area contributed by atoms with E-state index < -0.39 is 11.6 Å². The summed E-state index contributed by atoms with van der Waals surface area (Å²) < 4.78 is 26.3. The van der Waals surface area contributed by atoms with Gasteiger partial charge >= 0.3 is 0 Å². The van der Waals surface area contributed by atoms with Crippen molar-refractivity contribution in [2.75, 3.05) is 5.73 Å². The minimum atomic E-state index is -0.740. The normalized spacial score (nSPS) is 10.4. The third kappa shape index (κ3) is 1.44. The van der Waals surface area contributed by atoms with Crippen LogP contribution in [0.15, 0.2) is 17.8 Å². The molecule has 14 heavy (non-hydrogen) atoms. The first-order valence-electron chi connectivity index (χ1n) is 3.69. The fraction of sp³-hybridized carbons (Fsp3) is 0. The van der Waals surface area contributed by atoms with Gasteiger partial charge in [0.1, 0.15) is 0 Å². The maximum absolute atomic E-state index is 13.2. The van der Waals surface area contributed by atoms with E-state index in [1.165, 1.54) is 5.38 Å². The standard InChI is InChI=1S/C8H5F2N3S/c9-4-1-12-2-5(10)7(4)6-3-14-8(11)13-6/h1-3H,(H2,11,13). The first-order valence-corrected chi connectivity index (χ1v) is 4.57. The molecule has 0 amide bonds. The highest BCUT2D eigenvalue weighted by Crippen LogP contribution is 2.27. The Hall–Kier alpha value is -1.56. The van der Waals surface area contributed by atoms with Gasteiger partial charge in [-0.1, -0.05) is 0 Å². The third-order valence-corrected chi connectivity index (χ3v) is 2.31. The maximum atomic E-state index is 13.2. The second kappa shape index (κ2) is 3.30. The minimum absolute atomic E-state index is 0.187. The van der Waals surface area contributed by atoms with E-state index in [0.717, 1.165) is 23.7 Å². The second-order valence-electron chi connectivity index (χ2n) is 2.55. The molecule has 72 valence electrons. The molecule has 3 nitrogen and oxygen atoms in total. The van der Waals surface area contributed by atoms with Crippen LogP contribution in [0.25, 0.3) is 11.3 Å². The monoisotopic (exact) mass is 213 g/mol. The third-order valence-electron chi connectivity index (χ3n) is 1.63. The van der Waals surface area contributed by atoms with Gasteiger partial charge in [0.05, 0.1) is 23.7 Å². The van der Waals surface area contributed by atoms with E-state index >= 15 is 0 Å². The van der Waals surface area contributed by atoms with Crippen LogP contribution < -0.4 is 5.73 Å². The Kier molecular flexibility index (Phi) is 2.12. The summed E-state index contributed by atoms with van der Waals surface area (Å²) in [6.45, 7) is 0. The van der Waals surface area contributed by atoms with E-state index in [1.54, 1.807) is 0 Å². The van der Waals surface area contributed by atoms with Gasteiger partial charge in [-0.25, -0.2) is 13.8 Å². The summed E-state index contributed by atoms with van der Waals surface area (Å²) in [5.41, 5.74) is 5.37. The fourth-order valence-electron chi connectivity index (χ4n) is 1.06. The van der Waals surface area contributed by atoms with Crippen LogP contribution in [0, 0.1) is 11.6 Å². The lowest BCUT2D eigenvalue weighted by molar-refractivity contribution is 0.578. The summed E-state index contributed by atoms with van der Waals surface area (Å²) in [7, 11) is 0. The van der Waals surface area contributed by atoms with E-state index in [9.17, 15) is 8.78 Å². The number of nitrogen functional groups attached to an aromatic ring is 1. The number of pyridine rings is 1. The van der Waals surface area contributed by atoms with Crippen molar-refractivity contribution in [3.05, 3.63) is 29.4 Å². The van der Waals surface area contributed by atoms with Crippen LogP contribution in [-0.4, -0.2) is 9.97 Å². The minimum Gasteiger partial charge on any atom is -0.375 e.